The fourth-order valence-corrected chi connectivity index (χ4v) is 9.24. The van der Waals surface area contributed by atoms with Crippen molar-refractivity contribution in [2.24, 2.45) is 0 Å². The number of hydrogen-bond acceptors (Lipinski definition) is 5. The van der Waals surface area contributed by atoms with Gasteiger partial charge in [0.05, 0.1) is 11.1 Å². The Labute approximate surface area is 398 Å². The van der Waals surface area contributed by atoms with Crippen molar-refractivity contribution in [3.05, 3.63) is 271 Å². The summed E-state index contributed by atoms with van der Waals surface area (Å²) in [5, 5.41) is 22.7. The van der Waals surface area contributed by atoms with Gasteiger partial charge in [-0.05, 0) is 138 Å². The first-order chi connectivity index (χ1) is 33.6. The molecule has 0 aliphatic rings. The summed E-state index contributed by atoms with van der Waals surface area (Å²) in [6.45, 7) is 2.04. The standard InChI is InChI=1S/C63H45N5/c1-46-61(47-32-38-56(39-33-47)66(50-20-8-2-9-21-50)51-22-10-3-11-23-51)59(44-64)63(49-36-42-58(43-37-49)68(54-28-16-6-17-29-54)55-30-18-7-19-31-55)60(45-65)62(46)48-34-40-57(41-35-48)67(52-24-12-4-13-25-52)53-26-14-5-15-27-53/h2-43H,1H3. The molecular formula is C63H45N5. The highest BCUT2D eigenvalue weighted by atomic mass is 15.2. The monoisotopic (exact) mass is 871 g/mol. The van der Waals surface area contributed by atoms with Gasteiger partial charge in [0, 0.05) is 67.9 Å². The summed E-state index contributed by atoms with van der Waals surface area (Å²) in [7, 11) is 0. The third kappa shape index (κ3) is 8.36. The van der Waals surface area contributed by atoms with Crippen molar-refractivity contribution in [3.8, 4) is 45.5 Å². The van der Waals surface area contributed by atoms with Crippen molar-refractivity contribution in [1.82, 2.24) is 0 Å². The summed E-state index contributed by atoms with van der Waals surface area (Å²) < 4.78 is 0. The molecule has 0 amide bonds. The Morgan fingerprint density at radius 1 is 0.250 bits per heavy atom. The highest BCUT2D eigenvalue weighted by molar-refractivity contribution is 5.97. The largest absolute Gasteiger partial charge is 0.311 e. The first kappa shape index (κ1) is 42.5. The van der Waals surface area contributed by atoms with E-state index in [1.165, 1.54) is 0 Å². The summed E-state index contributed by atoms with van der Waals surface area (Å²) in [4.78, 5) is 6.66. The minimum Gasteiger partial charge on any atom is -0.311 e. The summed E-state index contributed by atoms with van der Waals surface area (Å²) >= 11 is 0. The maximum absolute atomic E-state index is 11.3. The van der Waals surface area contributed by atoms with Crippen molar-refractivity contribution >= 4 is 51.2 Å². The molecule has 0 N–H and O–H groups in total. The third-order valence-electron chi connectivity index (χ3n) is 12.3. The van der Waals surface area contributed by atoms with Gasteiger partial charge in [0.15, 0.2) is 0 Å². The molecule has 68 heavy (non-hydrogen) atoms. The number of hydrogen-bond donors (Lipinski definition) is 0. The van der Waals surface area contributed by atoms with Gasteiger partial charge in [0.1, 0.15) is 12.1 Å². The molecule has 0 radical (unpaired) electrons. The van der Waals surface area contributed by atoms with Crippen LogP contribution in [0, 0.1) is 29.6 Å². The zero-order valence-electron chi connectivity index (χ0n) is 37.5. The average molecular weight is 872 g/mol. The van der Waals surface area contributed by atoms with Crippen molar-refractivity contribution < 1.29 is 0 Å². The highest BCUT2D eigenvalue weighted by Crippen LogP contribution is 2.47. The van der Waals surface area contributed by atoms with E-state index in [0.29, 0.717) is 16.7 Å². The number of nitriles is 2. The normalized spacial score (nSPS) is 10.7. The molecule has 0 fully saturated rings. The lowest BCUT2D eigenvalue weighted by Gasteiger charge is -2.27. The second-order valence-electron chi connectivity index (χ2n) is 16.4. The zero-order chi connectivity index (χ0) is 46.2. The van der Waals surface area contributed by atoms with Crippen LogP contribution in [0.4, 0.5) is 51.2 Å². The molecule has 0 unspecified atom stereocenters. The molecule has 0 bridgehead atoms. The molecule has 5 nitrogen and oxygen atoms in total. The molecule has 0 saturated heterocycles. The van der Waals surface area contributed by atoms with E-state index >= 15 is 0 Å². The predicted octanol–water partition coefficient (Wildman–Crippen LogP) is 17.1. The molecule has 10 aromatic rings. The van der Waals surface area contributed by atoms with E-state index in [-0.39, 0.29) is 0 Å². The van der Waals surface area contributed by atoms with Gasteiger partial charge in [-0.1, -0.05) is 146 Å². The third-order valence-corrected chi connectivity index (χ3v) is 12.3. The Morgan fingerprint density at radius 2 is 0.441 bits per heavy atom. The van der Waals surface area contributed by atoms with Crippen LogP contribution in [0.25, 0.3) is 33.4 Å². The van der Waals surface area contributed by atoms with Crippen LogP contribution in [0.3, 0.4) is 0 Å². The van der Waals surface area contributed by atoms with E-state index in [0.717, 1.165) is 84.6 Å². The molecule has 0 saturated carbocycles. The van der Waals surface area contributed by atoms with Gasteiger partial charge >= 0.3 is 0 Å². The first-order valence-corrected chi connectivity index (χ1v) is 22.6. The average Bonchev–Trinajstić information content (AvgIpc) is 3.41. The second kappa shape index (κ2) is 19.4. The van der Waals surface area contributed by atoms with Gasteiger partial charge in [0.25, 0.3) is 0 Å². The Morgan fingerprint density at radius 3 is 0.647 bits per heavy atom. The van der Waals surface area contributed by atoms with Gasteiger partial charge in [-0.2, -0.15) is 10.5 Å². The Balaban J connectivity index is 1.15. The maximum atomic E-state index is 11.3. The highest BCUT2D eigenvalue weighted by Gasteiger charge is 2.26. The molecular weight excluding hydrogens is 827 g/mol. The van der Waals surface area contributed by atoms with E-state index in [9.17, 15) is 10.5 Å². The molecule has 322 valence electrons. The zero-order valence-corrected chi connectivity index (χ0v) is 37.5. The van der Waals surface area contributed by atoms with Crippen LogP contribution in [0.5, 0.6) is 0 Å². The summed E-state index contributed by atoms with van der Waals surface area (Å²) in [5.74, 6) is 0. The van der Waals surface area contributed by atoms with Crippen molar-refractivity contribution in [2.45, 2.75) is 6.92 Å². The number of anilines is 9. The molecule has 0 aliphatic heterocycles. The van der Waals surface area contributed by atoms with Gasteiger partial charge in [0.2, 0.25) is 0 Å². The number of para-hydroxylation sites is 6. The molecule has 10 aromatic carbocycles. The van der Waals surface area contributed by atoms with E-state index in [4.69, 9.17) is 0 Å². The van der Waals surface area contributed by atoms with E-state index < -0.39 is 0 Å². The lowest BCUT2D eigenvalue weighted by molar-refractivity contribution is 1.28. The molecule has 0 aromatic heterocycles. The minimum atomic E-state index is 0.449. The van der Waals surface area contributed by atoms with Gasteiger partial charge in [-0.3, -0.25) is 0 Å². The lowest BCUT2D eigenvalue weighted by atomic mass is 9.80. The van der Waals surface area contributed by atoms with Gasteiger partial charge in [-0.15, -0.1) is 0 Å². The van der Waals surface area contributed by atoms with Gasteiger partial charge < -0.3 is 14.7 Å². The minimum absolute atomic E-state index is 0.449. The number of benzene rings is 10. The van der Waals surface area contributed by atoms with Crippen LogP contribution in [0.1, 0.15) is 16.7 Å². The number of nitrogens with zero attached hydrogens (tertiary/aromatic N) is 5. The fourth-order valence-electron chi connectivity index (χ4n) is 9.24. The van der Waals surface area contributed by atoms with Crippen molar-refractivity contribution in [3.63, 3.8) is 0 Å². The Hall–Kier alpha value is -9.42. The predicted molar refractivity (Wildman–Crippen MR) is 281 cm³/mol. The molecule has 5 heteroatoms. The van der Waals surface area contributed by atoms with E-state index in [1.807, 2.05) is 128 Å². The van der Waals surface area contributed by atoms with Crippen LogP contribution in [-0.4, -0.2) is 0 Å². The second-order valence-corrected chi connectivity index (χ2v) is 16.4. The smallest absolute Gasteiger partial charge is 0.100 e. The summed E-state index contributed by atoms with van der Waals surface area (Å²) in [6, 6.07) is 92.1. The molecule has 0 heterocycles. The van der Waals surface area contributed by atoms with Crippen LogP contribution in [0.15, 0.2) is 255 Å². The summed E-state index contributed by atoms with van der Waals surface area (Å²) in [5.41, 5.74) is 15.5. The Kier molecular flexibility index (Phi) is 12.1. The van der Waals surface area contributed by atoms with Crippen molar-refractivity contribution in [2.75, 3.05) is 14.7 Å². The summed E-state index contributed by atoms with van der Waals surface area (Å²) in [6.07, 6.45) is 0. The van der Waals surface area contributed by atoms with E-state index in [1.54, 1.807) is 0 Å². The molecule has 0 aliphatic carbocycles. The van der Waals surface area contributed by atoms with E-state index in [2.05, 4.69) is 160 Å². The first-order valence-electron chi connectivity index (χ1n) is 22.6. The SMILES string of the molecule is Cc1c(-c2ccc(N(c3ccccc3)c3ccccc3)cc2)c(C#N)c(-c2ccc(N(c3ccccc3)c3ccccc3)cc2)c(C#N)c1-c1ccc(N(c2ccccc2)c2ccccc2)cc1. The molecule has 0 atom stereocenters. The lowest BCUT2D eigenvalue weighted by Crippen LogP contribution is -2.10. The van der Waals surface area contributed by atoms with Crippen LogP contribution >= 0.6 is 0 Å². The topological polar surface area (TPSA) is 57.3 Å². The molecule has 10 rings (SSSR count). The van der Waals surface area contributed by atoms with Crippen molar-refractivity contribution in [1.29, 1.82) is 10.5 Å². The number of rotatable bonds is 12. The fraction of sp³-hybridized carbons (Fsp3) is 0.0159. The maximum Gasteiger partial charge on any atom is 0.100 e. The Bertz CT molecular complexity index is 3080. The van der Waals surface area contributed by atoms with Crippen LogP contribution < -0.4 is 14.7 Å². The van der Waals surface area contributed by atoms with Crippen LogP contribution in [0.2, 0.25) is 0 Å². The quantitative estimate of drug-likeness (QED) is 0.122. The van der Waals surface area contributed by atoms with Crippen LogP contribution in [-0.2, 0) is 0 Å². The van der Waals surface area contributed by atoms with Gasteiger partial charge in [-0.25, -0.2) is 0 Å². The molecule has 0 spiro atoms.